The molecule has 2 aliphatic heterocycles. The largest absolute Gasteiger partial charge is 0.382 e. The highest BCUT2D eigenvalue weighted by Crippen LogP contribution is 2.33. The average molecular weight is 504 g/mol. The molecule has 0 atom stereocenters. The van der Waals surface area contributed by atoms with Gasteiger partial charge >= 0.3 is 0 Å². The van der Waals surface area contributed by atoms with Gasteiger partial charge in [0, 0.05) is 52.1 Å². The summed E-state index contributed by atoms with van der Waals surface area (Å²) in [6.45, 7) is 8.28. The van der Waals surface area contributed by atoms with Crippen molar-refractivity contribution in [3.63, 3.8) is 0 Å². The van der Waals surface area contributed by atoms with Crippen molar-refractivity contribution in [3.05, 3.63) is 45.2 Å². The van der Waals surface area contributed by atoms with Crippen molar-refractivity contribution < 1.29 is 14.3 Å². The summed E-state index contributed by atoms with van der Waals surface area (Å²) in [6.07, 6.45) is 3.99. The fraction of sp³-hybridized carbons (Fsp3) is 0.478. The van der Waals surface area contributed by atoms with Crippen molar-refractivity contribution >= 4 is 51.7 Å². The Labute approximate surface area is 208 Å². The van der Waals surface area contributed by atoms with Crippen LogP contribution in [0.4, 0.5) is 5.82 Å². The highest BCUT2D eigenvalue weighted by molar-refractivity contribution is 8.26. The SMILES string of the molecule is CCOCCCN1C(=O)C(=Cc2c(NCCN3CCOCC3)nc3ccccn3c2=O)SC1=S. The molecule has 0 saturated carbocycles. The molecule has 9 nitrogen and oxygen atoms in total. The summed E-state index contributed by atoms with van der Waals surface area (Å²) >= 11 is 6.64. The topological polar surface area (TPSA) is 88.4 Å². The summed E-state index contributed by atoms with van der Waals surface area (Å²) in [7, 11) is 0. The molecule has 2 aromatic heterocycles. The molecule has 4 rings (SSSR count). The van der Waals surface area contributed by atoms with E-state index in [4.69, 9.17) is 21.7 Å². The van der Waals surface area contributed by atoms with Crippen LogP contribution in [-0.2, 0) is 14.3 Å². The number of morpholine rings is 1. The first-order chi connectivity index (χ1) is 16.6. The number of anilines is 1. The fourth-order valence-electron chi connectivity index (χ4n) is 3.82. The highest BCUT2D eigenvalue weighted by atomic mass is 32.2. The van der Waals surface area contributed by atoms with Gasteiger partial charge in [0.1, 0.15) is 15.8 Å². The molecule has 0 unspecified atom stereocenters. The van der Waals surface area contributed by atoms with Crippen LogP contribution in [0.1, 0.15) is 18.9 Å². The summed E-state index contributed by atoms with van der Waals surface area (Å²) in [5.41, 5.74) is 0.656. The van der Waals surface area contributed by atoms with Crippen molar-refractivity contribution in [1.82, 2.24) is 19.2 Å². The van der Waals surface area contributed by atoms with E-state index in [0.717, 1.165) is 32.8 Å². The number of amides is 1. The molecule has 0 bridgehead atoms. The Morgan fingerprint density at radius 2 is 2.09 bits per heavy atom. The van der Waals surface area contributed by atoms with Gasteiger partial charge in [0.2, 0.25) is 0 Å². The Kier molecular flexibility index (Phi) is 8.68. The molecule has 2 aromatic rings. The number of hydrogen-bond donors (Lipinski definition) is 1. The van der Waals surface area contributed by atoms with Gasteiger partial charge in [-0.05, 0) is 31.6 Å². The Hall–Kier alpha value is -2.31. The summed E-state index contributed by atoms with van der Waals surface area (Å²) in [5.74, 6) is 0.273. The zero-order valence-electron chi connectivity index (χ0n) is 19.2. The summed E-state index contributed by atoms with van der Waals surface area (Å²) in [5, 5.41) is 3.32. The molecule has 2 aliphatic rings. The molecular formula is C23H29N5O4S2. The third-order valence-corrected chi connectivity index (χ3v) is 6.99. The van der Waals surface area contributed by atoms with Gasteiger partial charge < -0.3 is 14.8 Å². The molecule has 34 heavy (non-hydrogen) atoms. The molecule has 2 fully saturated rings. The number of hydrogen-bond acceptors (Lipinski definition) is 9. The predicted octanol–water partition coefficient (Wildman–Crippen LogP) is 2.07. The molecule has 0 aliphatic carbocycles. The standard InChI is InChI=1S/C23H29N5O4S2/c1-2-31-13-5-9-28-22(30)18(34-23(28)33)16-17-20(24-7-10-26-11-14-32-15-12-26)25-19-6-3-4-8-27(19)21(17)29/h3-4,6,8,16,24H,2,5,7,9-15H2,1H3. The molecule has 0 radical (unpaired) electrons. The molecule has 2 saturated heterocycles. The molecule has 0 aromatic carbocycles. The number of fused-ring (bicyclic) bond motifs is 1. The van der Waals surface area contributed by atoms with Crippen LogP contribution in [0.5, 0.6) is 0 Å². The van der Waals surface area contributed by atoms with E-state index in [2.05, 4.69) is 15.2 Å². The number of aromatic nitrogens is 2. The second-order valence-electron chi connectivity index (χ2n) is 7.87. The van der Waals surface area contributed by atoms with Crippen LogP contribution in [0.3, 0.4) is 0 Å². The van der Waals surface area contributed by atoms with Gasteiger partial charge in [0.25, 0.3) is 11.5 Å². The van der Waals surface area contributed by atoms with Gasteiger partial charge in [0.05, 0.1) is 23.7 Å². The lowest BCUT2D eigenvalue weighted by molar-refractivity contribution is -0.122. The molecular weight excluding hydrogens is 474 g/mol. The maximum absolute atomic E-state index is 13.3. The summed E-state index contributed by atoms with van der Waals surface area (Å²) in [6, 6.07) is 5.41. The van der Waals surface area contributed by atoms with Crippen molar-refractivity contribution in [2.24, 2.45) is 0 Å². The van der Waals surface area contributed by atoms with Gasteiger partial charge in [0.15, 0.2) is 0 Å². The van der Waals surface area contributed by atoms with E-state index in [9.17, 15) is 9.59 Å². The van der Waals surface area contributed by atoms with Crippen LogP contribution in [-0.4, -0.2) is 88.6 Å². The Balaban J connectivity index is 1.57. The minimum Gasteiger partial charge on any atom is -0.382 e. The van der Waals surface area contributed by atoms with Crippen LogP contribution in [0, 0.1) is 0 Å². The zero-order valence-corrected chi connectivity index (χ0v) is 20.8. The van der Waals surface area contributed by atoms with E-state index in [1.807, 2.05) is 13.0 Å². The zero-order chi connectivity index (χ0) is 23.9. The van der Waals surface area contributed by atoms with E-state index in [0.29, 0.717) is 59.0 Å². The van der Waals surface area contributed by atoms with Gasteiger partial charge in [-0.2, -0.15) is 0 Å². The molecule has 4 heterocycles. The first-order valence-electron chi connectivity index (χ1n) is 11.5. The van der Waals surface area contributed by atoms with Gasteiger partial charge in [-0.1, -0.05) is 30.0 Å². The Morgan fingerprint density at radius 3 is 2.88 bits per heavy atom. The lowest BCUT2D eigenvalue weighted by Gasteiger charge is -2.26. The lowest BCUT2D eigenvalue weighted by atomic mass is 10.2. The fourth-order valence-corrected chi connectivity index (χ4v) is 5.11. The lowest BCUT2D eigenvalue weighted by Crippen LogP contribution is -2.39. The normalized spacial score (nSPS) is 18.4. The van der Waals surface area contributed by atoms with Crippen molar-refractivity contribution in [1.29, 1.82) is 0 Å². The van der Waals surface area contributed by atoms with E-state index in [1.54, 1.807) is 29.3 Å². The van der Waals surface area contributed by atoms with Gasteiger partial charge in [-0.25, -0.2) is 4.98 Å². The number of pyridine rings is 1. The third kappa shape index (κ3) is 5.84. The van der Waals surface area contributed by atoms with Crippen LogP contribution < -0.4 is 10.9 Å². The Morgan fingerprint density at radius 1 is 1.26 bits per heavy atom. The van der Waals surface area contributed by atoms with Gasteiger partial charge in [-0.15, -0.1) is 0 Å². The number of nitrogens with zero attached hydrogens (tertiary/aromatic N) is 4. The smallest absolute Gasteiger partial charge is 0.267 e. The van der Waals surface area contributed by atoms with E-state index >= 15 is 0 Å². The van der Waals surface area contributed by atoms with Crippen molar-refractivity contribution in [2.75, 3.05) is 64.5 Å². The second-order valence-corrected chi connectivity index (χ2v) is 9.55. The van der Waals surface area contributed by atoms with Crippen molar-refractivity contribution in [2.45, 2.75) is 13.3 Å². The quantitative estimate of drug-likeness (QED) is 0.297. The number of rotatable bonds is 10. The first-order valence-corrected chi connectivity index (χ1v) is 12.7. The highest BCUT2D eigenvalue weighted by Gasteiger charge is 2.32. The number of nitrogens with one attached hydrogen (secondary N) is 1. The predicted molar refractivity (Wildman–Crippen MR) is 138 cm³/mol. The van der Waals surface area contributed by atoms with Gasteiger partial charge in [-0.3, -0.25) is 23.8 Å². The maximum Gasteiger partial charge on any atom is 0.267 e. The van der Waals surface area contributed by atoms with E-state index < -0.39 is 0 Å². The van der Waals surface area contributed by atoms with E-state index in [1.165, 1.54) is 16.2 Å². The summed E-state index contributed by atoms with van der Waals surface area (Å²) in [4.78, 5) is 35.3. The van der Waals surface area contributed by atoms with E-state index in [-0.39, 0.29) is 11.5 Å². The number of carbonyl (C=O) groups is 1. The number of thiocarbonyl (C=S) groups is 1. The minimum absolute atomic E-state index is 0.191. The number of thioether (sulfide) groups is 1. The minimum atomic E-state index is -0.235. The number of ether oxygens (including phenoxy) is 2. The monoisotopic (exact) mass is 503 g/mol. The molecule has 182 valence electrons. The number of carbonyl (C=O) groups excluding carboxylic acids is 1. The van der Waals surface area contributed by atoms with Crippen LogP contribution >= 0.6 is 24.0 Å². The maximum atomic E-state index is 13.3. The average Bonchev–Trinajstić information content (AvgIpc) is 3.12. The second kappa shape index (κ2) is 11.9. The Bertz CT molecular complexity index is 1130. The van der Waals surface area contributed by atoms with Crippen LogP contribution in [0.2, 0.25) is 0 Å². The third-order valence-electron chi connectivity index (χ3n) is 5.62. The van der Waals surface area contributed by atoms with Crippen molar-refractivity contribution in [3.8, 4) is 0 Å². The van der Waals surface area contributed by atoms with Crippen LogP contribution in [0.15, 0.2) is 34.1 Å². The molecule has 11 heteroatoms. The summed E-state index contributed by atoms with van der Waals surface area (Å²) < 4.78 is 12.7. The molecule has 0 spiro atoms. The van der Waals surface area contributed by atoms with Crippen LogP contribution in [0.25, 0.3) is 11.7 Å². The first kappa shape index (κ1) is 24.8. The molecule has 1 N–H and O–H groups in total. The molecule has 1 amide bonds.